The first-order chi connectivity index (χ1) is 13.8. The third kappa shape index (κ3) is 5.67. The number of morpholine rings is 1. The molecule has 2 N–H and O–H groups in total. The summed E-state index contributed by atoms with van der Waals surface area (Å²) in [5.41, 5.74) is 2.15. The number of aromatic nitrogens is 3. The Morgan fingerprint density at radius 1 is 1.31 bits per heavy atom. The largest absolute Gasteiger partial charge is 0.375 e. The molecule has 0 aliphatic carbocycles. The van der Waals surface area contributed by atoms with Gasteiger partial charge < -0.3 is 19.7 Å². The molecule has 1 aromatic heterocycles. The van der Waals surface area contributed by atoms with E-state index in [9.17, 15) is 0 Å². The summed E-state index contributed by atoms with van der Waals surface area (Å²) in [5.74, 6) is 1.70. The standard InChI is InChI=1S/C20H28N6O2.HI/c1-2-21-20(26-8-10-28-18(13-26)17-7-4-9-27-17)22-12-15-5-3-6-16(11-15)19-23-14-24-25-19;/h3,5-6,11,14,17-18H,2,4,7-10,12-13H2,1H3,(H,21,22)(H,23,24,25);1H. The molecule has 0 spiro atoms. The minimum atomic E-state index is 0. The van der Waals surface area contributed by atoms with Crippen molar-refractivity contribution in [1.29, 1.82) is 0 Å². The zero-order chi connectivity index (χ0) is 19.2. The summed E-state index contributed by atoms with van der Waals surface area (Å²) >= 11 is 0. The number of hydrogen-bond donors (Lipinski definition) is 2. The van der Waals surface area contributed by atoms with Crippen molar-refractivity contribution in [2.45, 2.75) is 38.5 Å². The molecule has 2 atom stereocenters. The maximum Gasteiger partial charge on any atom is 0.194 e. The van der Waals surface area contributed by atoms with E-state index in [1.807, 2.05) is 12.1 Å². The number of halogens is 1. The molecule has 2 saturated heterocycles. The van der Waals surface area contributed by atoms with Crippen LogP contribution in [0.4, 0.5) is 0 Å². The van der Waals surface area contributed by atoms with E-state index >= 15 is 0 Å². The summed E-state index contributed by atoms with van der Waals surface area (Å²) in [7, 11) is 0. The number of aliphatic imine (C=N–C) groups is 1. The van der Waals surface area contributed by atoms with E-state index in [-0.39, 0.29) is 36.2 Å². The van der Waals surface area contributed by atoms with Crippen LogP contribution in [0.3, 0.4) is 0 Å². The average Bonchev–Trinajstić information content (AvgIpc) is 3.46. The Morgan fingerprint density at radius 3 is 2.97 bits per heavy atom. The molecule has 29 heavy (non-hydrogen) atoms. The van der Waals surface area contributed by atoms with Crippen LogP contribution in [0.25, 0.3) is 11.4 Å². The van der Waals surface area contributed by atoms with Gasteiger partial charge in [-0.25, -0.2) is 9.98 Å². The molecule has 3 heterocycles. The molecular weight excluding hydrogens is 483 g/mol. The molecule has 2 aliphatic heterocycles. The molecule has 8 nitrogen and oxygen atoms in total. The zero-order valence-corrected chi connectivity index (χ0v) is 19.0. The molecule has 0 saturated carbocycles. The van der Waals surface area contributed by atoms with Gasteiger partial charge in [-0.2, -0.15) is 5.10 Å². The summed E-state index contributed by atoms with van der Waals surface area (Å²) in [5, 5.41) is 10.3. The molecule has 158 valence electrons. The van der Waals surface area contributed by atoms with Gasteiger partial charge in [-0.05, 0) is 31.4 Å². The fourth-order valence-electron chi connectivity index (χ4n) is 3.74. The lowest BCUT2D eigenvalue weighted by atomic mass is 10.1. The molecular formula is C20H29IN6O2. The number of rotatable bonds is 5. The van der Waals surface area contributed by atoms with Crippen LogP contribution in [0.1, 0.15) is 25.3 Å². The first-order valence-electron chi connectivity index (χ1n) is 10.0. The lowest BCUT2D eigenvalue weighted by molar-refractivity contribution is -0.0817. The Balaban J connectivity index is 0.00000240. The molecule has 1 aromatic carbocycles. The lowest BCUT2D eigenvalue weighted by Crippen LogP contribution is -2.53. The number of nitrogens with zero attached hydrogens (tertiary/aromatic N) is 4. The van der Waals surface area contributed by atoms with Crippen LogP contribution < -0.4 is 5.32 Å². The van der Waals surface area contributed by atoms with Crippen LogP contribution >= 0.6 is 24.0 Å². The van der Waals surface area contributed by atoms with E-state index in [0.717, 1.165) is 62.0 Å². The van der Waals surface area contributed by atoms with Crippen molar-refractivity contribution in [2.24, 2.45) is 4.99 Å². The third-order valence-electron chi connectivity index (χ3n) is 5.13. The summed E-state index contributed by atoms with van der Waals surface area (Å²) < 4.78 is 11.8. The van der Waals surface area contributed by atoms with Gasteiger partial charge in [0.2, 0.25) is 0 Å². The summed E-state index contributed by atoms with van der Waals surface area (Å²) in [6.45, 7) is 6.74. The van der Waals surface area contributed by atoms with E-state index in [1.54, 1.807) is 0 Å². The highest BCUT2D eigenvalue weighted by Crippen LogP contribution is 2.21. The van der Waals surface area contributed by atoms with E-state index in [0.29, 0.717) is 13.2 Å². The Bertz CT molecular complexity index is 779. The average molecular weight is 512 g/mol. The number of benzene rings is 1. The molecule has 2 fully saturated rings. The van der Waals surface area contributed by atoms with Crippen LogP contribution in [0.15, 0.2) is 35.6 Å². The fraction of sp³-hybridized carbons (Fsp3) is 0.550. The van der Waals surface area contributed by atoms with E-state index in [1.165, 1.54) is 6.33 Å². The van der Waals surface area contributed by atoms with Gasteiger partial charge >= 0.3 is 0 Å². The van der Waals surface area contributed by atoms with Gasteiger partial charge in [0.15, 0.2) is 11.8 Å². The van der Waals surface area contributed by atoms with Crippen LogP contribution in [0.2, 0.25) is 0 Å². The van der Waals surface area contributed by atoms with Crippen LogP contribution in [0.5, 0.6) is 0 Å². The zero-order valence-electron chi connectivity index (χ0n) is 16.7. The Hall–Kier alpha value is -1.72. The second-order valence-electron chi connectivity index (χ2n) is 7.11. The van der Waals surface area contributed by atoms with Crippen LogP contribution in [-0.4, -0.2) is 71.1 Å². The normalized spacial score (nSPS) is 22.4. The third-order valence-corrected chi connectivity index (χ3v) is 5.13. The number of guanidine groups is 1. The van der Waals surface area contributed by atoms with Gasteiger partial charge in [-0.3, -0.25) is 5.10 Å². The summed E-state index contributed by atoms with van der Waals surface area (Å²) in [6, 6.07) is 8.23. The van der Waals surface area contributed by atoms with Gasteiger partial charge in [-0.15, -0.1) is 24.0 Å². The van der Waals surface area contributed by atoms with E-state index in [4.69, 9.17) is 14.5 Å². The minimum absolute atomic E-state index is 0. The predicted octanol–water partition coefficient (Wildman–Crippen LogP) is 2.44. The highest BCUT2D eigenvalue weighted by molar-refractivity contribution is 14.0. The molecule has 0 amide bonds. The number of nitrogens with one attached hydrogen (secondary N) is 2. The van der Waals surface area contributed by atoms with Crippen molar-refractivity contribution in [3.63, 3.8) is 0 Å². The molecule has 4 rings (SSSR count). The number of H-pyrrole nitrogens is 1. The van der Waals surface area contributed by atoms with Crippen molar-refractivity contribution in [2.75, 3.05) is 32.8 Å². The van der Waals surface area contributed by atoms with Crippen molar-refractivity contribution in [3.8, 4) is 11.4 Å². The highest BCUT2D eigenvalue weighted by atomic mass is 127. The van der Waals surface area contributed by atoms with Crippen molar-refractivity contribution in [3.05, 3.63) is 36.2 Å². The van der Waals surface area contributed by atoms with Crippen molar-refractivity contribution < 1.29 is 9.47 Å². The SMILES string of the molecule is CCNC(=NCc1cccc(-c2ncn[nH]2)c1)N1CCOC(C2CCCO2)C1.I. The molecule has 2 unspecified atom stereocenters. The Labute approximate surface area is 188 Å². The molecule has 2 aromatic rings. The van der Waals surface area contributed by atoms with Gasteiger partial charge in [-0.1, -0.05) is 18.2 Å². The number of hydrogen-bond acceptors (Lipinski definition) is 5. The predicted molar refractivity (Wildman–Crippen MR) is 122 cm³/mol. The van der Waals surface area contributed by atoms with Crippen molar-refractivity contribution in [1.82, 2.24) is 25.4 Å². The minimum Gasteiger partial charge on any atom is -0.375 e. The quantitative estimate of drug-likeness (QED) is 0.364. The van der Waals surface area contributed by atoms with Crippen molar-refractivity contribution >= 4 is 29.9 Å². The van der Waals surface area contributed by atoms with Gasteiger partial charge in [0.05, 0.1) is 19.3 Å². The van der Waals surface area contributed by atoms with Gasteiger partial charge in [0.1, 0.15) is 12.4 Å². The molecule has 0 bridgehead atoms. The maximum absolute atomic E-state index is 5.97. The smallest absolute Gasteiger partial charge is 0.194 e. The number of ether oxygens (including phenoxy) is 2. The first-order valence-corrected chi connectivity index (χ1v) is 10.0. The Kier molecular flexibility index (Phi) is 8.25. The monoisotopic (exact) mass is 512 g/mol. The Morgan fingerprint density at radius 2 is 2.21 bits per heavy atom. The summed E-state index contributed by atoms with van der Waals surface area (Å²) in [6.07, 6.45) is 4.06. The first kappa shape index (κ1) is 22.0. The molecule has 9 heteroatoms. The second-order valence-corrected chi connectivity index (χ2v) is 7.11. The van der Waals surface area contributed by atoms with Gasteiger partial charge in [0, 0.05) is 31.8 Å². The fourth-order valence-corrected chi connectivity index (χ4v) is 3.74. The number of aromatic amines is 1. The van der Waals surface area contributed by atoms with E-state index in [2.05, 4.69) is 44.5 Å². The molecule has 2 aliphatic rings. The second kappa shape index (κ2) is 10.9. The van der Waals surface area contributed by atoms with E-state index < -0.39 is 0 Å². The highest BCUT2D eigenvalue weighted by Gasteiger charge is 2.32. The summed E-state index contributed by atoms with van der Waals surface area (Å²) in [4.78, 5) is 11.4. The maximum atomic E-state index is 5.97. The van der Waals surface area contributed by atoms with Gasteiger partial charge in [0.25, 0.3) is 0 Å². The molecule has 0 radical (unpaired) electrons. The van der Waals surface area contributed by atoms with Crippen LogP contribution in [-0.2, 0) is 16.0 Å². The lowest BCUT2D eigenvalue weighted by Gasteiger charge is -2.37. The van der Waals surface area contributed by atoms with Crippen LogP contribution in [0, 0.1) is 0 Å². The topological polar surface area (TPSA) is 87.7 Å².